The van der Waals surface area contributed by atoms with Crippen molar-refractivity contribution in [2.45, 2.75) is 5.16 Å². The fourth-order valence-electron chi connectivity index (χ4n) is 0.980. The Hall–Kier alpha value is -1.48. The predicted molar refractivity (Wildman–Crippen MR) is 53.7 cm³/mol. The Balaban J connectivity index is 2.35. The van der Waals surface area contributed by atoms with Crippen LogP contribution >= 0.6 is 11.8 Å². The lowest BCUT2D eigenvalue weighted by molar-refractivity contribution is 0.310. The highest BCUT2D eigenvalue weighted by Gasteiger charge is 2.07. The van der Waals surface area contributed by atoms with Gasteiger partial charge in [-0.3, -0.25) is 0 Å². The molecular formula is C6H9N7OS. The summed E-state index contributed by atoms with van der Waals surface area (Å²) in [6, 6.07) is 0. The summed E-state index contributed by atoms with van der Waals surface area (Å²) in [6.45, 7) is 0.392. The lowest BCUT2D eigenvalue weighted by atomic mass is 10.7. The van der Waals surface area contributed by atoms with E-state index in [-0.39, 0.29) is 6.61 Å². The minimum atomic E-state index is 0.0129. The third kappa shape index (κ3) is 1.97. The number of hydrogen-bond donors (Lipinski definition) is 2. The number of rotatable bonds is 4. The summed E-state index contributed by atoms with van der Waals surface area (Å²) in [5.41, 5.74) is 0. The van der Waals surface area contributed by atoms with Gasteiger partial charge >= 0.3 is 0 Å². The number of aromatic nitrogens is 6. The maximum absolute atomic E-state index is 8.63. The van der Waals surface area contributed by atoms with E-state index in [0.29, 0.717) is 23.4 Å². The van der Waals surface area contributed by atoms with Crippen molar-refractivity contribution >= 4 is 23.5 Å². The lowest BCUT2D eigenvalue weighted by Gasteiger charge is -2.00. The average Bonchev–Trinajstić information content (AvgIpc) is 2.68. The van der Waals surface area contributed by atoms with Gasteiger partial charge in [-0.1, -0.05) is 11.8 Å². The molecule has 0 aliphatic heterocycles. The monoisotopic (exact) mass is 227 g/mol. The zero-order valence-electron chi connectivity index (χ0n) is 7.95. The molecule has 0 radical (unpaired) electrons. The fraction of sp³-hybridized carbons (Fsp3) is 0.500. The Bertz CT molecular complexity index is 458. The molecule has 0 saturated heterocycles. The Morgan fingerprint density at radius 3 is 2.87 bits per heavy atom. The molecule has 0 amide bonds. The number of nitrogens with one attached hydrogen (secondary N) is 1. The smallest absolute Gasteiger partial charge is 0.291 e. The molecule has 9 heteroatoms. The molecule has 2 aromatic heterocycles. The number of fused-ring (bicyclic) bond motifs is 1. The van der Waals surface area contributed by atoms with Crippen molar-refractivity contribution in [3.8, 4) is 0 Å². The predicted octanol–water partition coefficient (Wildman–Crippen LogP) is -0.960. The highest BCUT2D eigenvalue weighted by molar-refractivity contribution is 7.98. The van der Waals surface area contributed by atoms with Crippen molar-refractivity contribution in [1.82, 2.24) is 30.0 Å². The van der Waals surface area contributed by atoms with Gasteiger partial charge in [0.05, 0.1) is 6.61 Å². The van der Waals surface area contributed by atoms with Crippen molar-refractivity contribution in [2.24, 2.45) is 0 Å². The standard InChI is InChI=1S/C6H9N7OS/c1-15-6-11-10-5-9-8-4(7-2-3-14)12-13(5)6/h14H,2-3H2,1H3,(H,7,12). The van der Waals surface area contributed by atoms with Gasteiger partial charge in [0.15, 0.2) is 0 Å². The number of aliphatic hydroxyl groups is 1. The normalized spacial score (nSPS) is 10.8. The SMILES string of the molecule is CSc1nnc2nnc(NCCO)nn12. The highest BCUT2D eigenvalue weighted by atomic mass is 32.2. The van der Waals surface area contributed by atoms with Crippen molar-refractivity contribution in [1.29, 1.82) is 0 Å². The molecular weight excluding hydrogens is 218 g/mol. The van der Waals surface area contributed by atoms with Gasteiger partial charge in [0.25, 0.3) is 11.7 Å². The molecule has 80 valence electrons. The van der Waals surface area contributed by atoms with E-state index in [0.717, 1.165) is 0 Å². The summed E-state index contributed by atoms with van der Waals surface area (Å²) < 4.78 is 1.50. The van der Waals surface area contributed by atoms with Crippen LogP contribution in [-0.2, 0) is 0 Å². The first-order valence-electron chi connectivity index (χ1n) is 4.20. The van der Waals surface area contributed by atoms with Gasteiger partial charge in [-0.15, -0.1) is 25.5 Å². The van der Waals surface area contributed by atoms with E-state index in [1.165, 1.54) is 16.3 Å². The summed E-state index contributed by atoms with van der Waals surface area (Å²) in [6.07, 6.45) is 1.87. The van der Waals surface area contributed by atoms with Crippen LogP contribution in [0.5, 0.6) is 0 Å². The summed E-state index contributed by atoms with van der Waals surface area (Å²) in [5, 5.41) is 31.5. The first-order valence-corrected chi connectivity index (χ1v) is 5.42. The van der Waals surface area contributed by atoms with E-state index in [9.17, 15) is 0 Å². The minimum absolute atomic E-state index is 0.0129. The van der Waals surface area contributed by atoms with Crippen molar-refractivity contribution in [3.05, 3.63) is 0 Å². The van der Waals surface area contributed by atoms with Crippen LogP contribution in [0.2, 0.25) is 0 Å². The average molecular weight is 227 g/mol. The van der Waals surface area contributed by atoms with Gasteiger partial charge in [0, 0.05) is 6.54 Å². The number of aliphatic hydroxyl groups excluding tert-OH is 1. The summed E-state index contributed by atoms with van der Waals surface area (Å²) >= 11 is 1.42. The molecule has 2 N–H and O–H groups in total. The fourth-order valence-corrected chi connectivity index (χ4v) is 1.40. The molecule has 0 fully saturated rings. The van der Waals surface area contributed by atoms with Crippen molar-refractivity contribution < 1.29 is 5.11 Å². The first-order chi connectivity index (χ1) is 7.35. The van der Waals surface area contributed by atoms with Crippen LogP contribution in [0.3, 0.4) is 0 Å². The van der Waals surface area contributed by atoms with Gasteiger partial charge in [0.1, 0.15) is 0 Å². The van der Waals surface area contributed by atoms with Crippen LogP contribution in [0.15, 0.2) is 5.16 Å². The molecule has 2 rings (SSSR count). The van der Waals surface area contributed by atoms with Crippen LogP contribution in [0.4, 0.5) is 5.95 Å². The van der Waals surface area contributed by atoms with Gasteiger partial charge in [-0.2, -0.15) is 4.52 Å². The van der Waals surface area contributed by atoms with Crippen LogP contribution in [-0.4, -0.2) is 54.5 Å². The summed E-state index contributed by atoms with van der Waals surface area (Å²) in [4.78, 5) is 0. The van der Waals surface area contributed by atoms with Gasteiger partial charge in [-0.25, -0.2) is 0 Å². The van der Waals surface area contributed by atoms with Gasteiger partial charge in [-0.05, 0) is 6.26 Å². The van der Waals surface area contributed by atoms with Gasteiger partial charge in [0.2, 0.25) is 5.16 Å². The quantitative estimate of drug-likeness (QED) is 0.644. The third-order valence-electron chi connectivity index (χ3n) is 1.60. The molecule has 15 heavy (non-hydrogen) atoms. The van der Waals surface area contributed by atoms with Crippen molar-refractivity contribution in [2.75, 3.05) is 24.7 Å². The second-order valence-electron chi connectivity index (χ2n) is 2.57. The van der Waals surface area contributed by atoms with Crippen LogP contribution in [0.1, 0.15) is 0 Å². The number of hydrogen-bond acceptors (Lipinski definition) is 8. The number of anilines is 1. The molecule has 0 spiro atoms. The largest absolute Gasteiger partial charge is 0.395 e. The zero-order chi connectivity index (χ0) is 10.7. The number of nitrogens with zero attached hydrogens (tertiary/aromatic N) is 6. The maximum atomic E-state index is 8.63. The second-order valence-corrected chi connectivity index (χ2v) is 3.35. The van der Waals surface area contributed by atoms with E-state index in [4.69, 9.17) is 5.11 Å². The Kier molecular flexibility index (Phi) is 2.92. The van der Waals surface area contributed by atoms with E-state index < -0.39 is 0 Å². The molecule has 0 atom stereocenters. The van der Waals surface area contributed by atoms with Crippen LogP contribution in [0.25, 0.3) is 5.78 Å². The Morgan fingerprint density at radius 2 is 2.13 bits per heavy atom. The summed E-state index contributed by atoms with van der Waals surface area (Å²) in [5.74, 6) is 0.695. The highest BCUT2D eigenvalue weighted by Crippen LogP contribution is 2.10. The molecule has 2 heterocycles. The molecule has 0 unspecified atom stereocenters. The molecule has 0 aromatic carbocycles. The Morgan fingerprint density at radius 1 is 1.33 bits per heavy atom. The zero-order valence-corrected chi connectivity index (χ0v) is 8.77. The molecule has 0 bridgehead atoms. The van der Waals surface area contributed by atoms with E-state index in [1.807, 2.05) is 6.26 Å². The van der Waals surface area contributed by atoms with E-state index in [1.54, 1.807) is 0 Å². The molecule has 8 nitrogen and oxygen atoms in total. The number of thioether (sulfide) groups is 1. The van der Waals surface area contributed by atoms with Crippen molar-refractivity contribution in [3.63, 3.8) is 0 Å². The molecule has 0 saturated carbocycles. The Labute approximate surface area is 89.1 Å². The summed E-state index contributed by atoms with van der Waals surface area (Å²) in [7, 11) is 0. The molecule has 0 aliphatic carbocycles. The van der Waals surface area contributed by atoms with E-state index >= 15 is 0 Å². The first kappa shape index (κ1) is 10.1. The maximum Gasteiger partial charge on any atom is 0.291 e. The minimum Gasteiger partial charge on any atom is -0.395 e. The van der Waals surface area contributed by atoms with E-state index in [2.05, 4.69) is 30.8 Å². The van der Waals surface area contributed by atoms with Gasteiger partial charge < -0.3 is 10.4 Å². The van der Waals surface area contributed by atoms with Crippen LogP contribution < -0.4 is 5.32 Å². The molecule has 0 aliphatic rings. The second kappa shape index (κ2) is 4.36. The third-order valence-corrected chi connectivity index (χ3v) is 2.22. The van der Waals surface area contributed by atoms with Crippen LogP contribution in [0, 0.1) is 0 Å². The topological polar surface area (TPSA) is 101 Å². The lowest BCUT2D eigenvalue weighted by Crippen LogP contribution is -2.11. The molecule has 2 aromatic rings.